The van der Waals surface area contributed by atoms with Crippen molar-refractivity contribution in [3.8, 4) is 0 Å². The minimum atomic E-state index is -1.02. The van der Waals surface area contributed by atoms with E-state index in [9.17, 15) is 39.4 Å². The summed E-state index contributed by atoms with van der Waals surface area (Å²) in [5, 5.41) is 33.1. The number of carboxylic acid groups (broad SMARTS) is 2. The quantitative estimate of drug-likeness (QED) is 0.0608. The molecule has 13 atom stereocenters. The number of hydrogen-bond acceptors (Lipinski definition) is 9. The molecule has 0 bridgehead atoms. The Kier molecular flexibility index (Phi) is 17.5. The van der Waals surface area contributed by atoms with Crippen LogP contribution in [0.1, 0.15) is 148 Å². The zero-order valence-corrected chi connectivity index (χ0v) is 36.3. The predicted molar refractivity (Wildman–Crippen MR) is 222 cm³/mol. The number of alkyl halides is 2. The molecule has 1 amide bonds. The fraction of sp³-hybridized carbons (Fsp3) is 0.889. The first-order valence-electron chi connectivity index (χ1n) is 23.2. The van der Waals surface area contributed by atoms with E-state index in [2.05, 4.69) is 10.8 Å². The van der Waals surface area contributed by atoms with Crippen molar-refractivity contribution < 1.29 is 48.9 Å². The molecule has 5 N–H and O–H groups in total. The molecular formula is C45H70Cl2N2O10. The van der Waals surface area contributed by atoms with Gasteiger partial charge in [0.1, 0.15) is 0 Å². The first kappa shape index (κ1) is 46.4. The highest BCUT2D eigenvalue weighted by Crippen LogP contribution is 2.46. The fourth-order valence-corrected chi connectivity index (χ4v) is 13.1. The van der Waals surface area contributed by atoms with E-state index in [0.717, 1.165) is 70.6 Å². The SMILES string of the molecule is O=C(OCC1CCCCC1)C1CCC(C(=O)O)C(C(=O)NC2CCC(CC3CCC(C(NO)C4CC(C(=O)OCC5CCCCC5)CCC4C(=O)O)C(Cl)C3)CC2Cl)C1. The molecule has 0 heterocycles. The molecule has 6 fully saturated rings. The lowest BCUT2D eigenvalue weighted by molar-refractivity contribution is -0.158. The molecule has 6 saturated carbocycles. The maximum absolute atomic E-state index is 13.7. The average Bonchev–Trinajstić information content (AvgIpc) is 3.24. The maximum Gasteiger partial charge on any atom is 0.308 e. The molecule has 6 aliphatic rings. The van der Waals surface area contributed by atoms with Crippen molar-refractivity contribution >= 4 is 53.0 Å². The predicted octanol–water partition coefficient (Wildman–Crippen LogP) is 8.12. The van der Waals surface area contributed by atoms with Crippen molar-refractivity contribution in [3.05, 3.63) is 0 Å². The van der Waals surface area contributed by atoms with Gasteiger partial charge >= 0.3 is 23.9 Å². The molecule has 0 aliphatic heterocycles. The third-order valence-electron chi connectivity index (χ3n) is 15.6. The Morgan fingerprint density at radius 2 is 1.07 bits per heavy atom. The summed E-state index contributed by atoms with van der Waals surface area (Å²) in [5.41, 5.74) is 2.47. The molecule has 14 heteroatoms. The monoisotopic (exact) mass is 868 g/mol. The lowest BCUT2D eigenvalue weighted by atomic mass is 9.65. The van der Waals surface area contributed by atoms with Gasteiger partial charge in [0.2, 0.25) is 5.91 Å². The standard InChI is InChI=1S/C45H70Cl2N2O10/c46-37-20-28(11-15-34(37)40(49-57)35-22-30(13-16-32(35)42(51)52)44(55)58-24-26-7-3-1-4-8-26)19-29-12-18-39(38(47)21-29)48-41(50)36-23-31(14-17-33(36)43(53)54)45(56)59-25-27-9-5-2-6-10-27/h26-40,49,57H,1-25H2,(H,48,50)(H,51,52)(H,53,54). The smallest absolute Gasteiger partial charge is 0.308 e. The molecule has 334 valence electrons. The Balaban J connectivity index is 0.966. The van der Waals surface area contributed by atoms with Gasteiger partial charge in [0, 0.05) is 17.5 Å². The number of carboxylic acids is 2. The summed E-state index contributed by atoms with van der Waals surface area (Å²) < 4.78 is 11.5. The van der Waals surface area contributed by atoms with Crippen LogP contribution in [0.4, 0.5) is 0 Å². The molecular weight excluding hydrogens is 799 g/mol. The molecule has 0 aromatic carbocycles. The average molecular weight is 870 g/mol. The van der Waals surface area contributed by atoms with E-state index in [1.165, 1.54) is 12.8 Å². The molecule has 12 nitrogen and oxygen atoms in total. The van der Waals surface area contributed by atoms with Crippen molar-refractivity contribution in [1.29, 1.82) is 0 Å². The topological polar surface area (TPSA) is 189 Å². The van der Waals surface area contributed by atoms with Gasteiger partial charge in [-0.15, -0.1) is 23.2 Å². The van der Waals surface area contributed by atoms with Gasteiger partial charge in [-0.2, -0.15) is 0 Å². The van der Waals surface area contributed by atoms with Crippen LogP contribution in [0.5, 0.6) is 0 Å². The Hall–Kier alpha value is -2.15. The van der Waals surface area contributed by atoms with Crippen LogP contribution in [-0.4, -0.2) is 81.3 Å². The maximum atomic E-state index is 13.7. The Morgan fingerprint density at radius 1 is 0.542 bits per heavy atom. The number of ether oxygens (including phenoxy) is 2. The van der Waals surface area contributed by atoms with Crippen LogP contribution in [0.3, 0.4) is 0 Å². The summed E-state index contributed by atoms with van der Waals surface area (Å²) in [7, 11) is 0. The van der Waals surface area contributed by atoms with Crippen molar-refractivity contribution in [2.45, 2.75) is 171 Å². The second-order valence-electron chi connectivity index (χ2n) is 19.5. The molecule has 6 rings (SSSR count). The van der Waals surface area contributed by atoms with Crippen LogP contribution in [0.15, 0.2) is 0 Å². The number of nitrogens with one attached hydrogen (secondary N) is 2. The number of hydrogen-bond donors (Lipinski definition) is 5. The van der Waals surface area contributed by atoms with Gasteiger partial charge in [-0.25, -0.2) is 5.48 Å². The van der Waals surface area contributed by atoms with Gasteiger partial charge in [0.25, 0.3) is 0 Å². The highest BCUT2D eigenvalue weighted by Gasteiger charge is 2.48. The molecule has 13 unspecified atom stereocenters. The zero-order chi connectivity index (χ0) is 42.1. The fourth-order valence-electron chi connectivity index (χ4n) is 12.1. The van der Waals surface area contributed by atoms with Crippen LogP contribution in [0, 0.1) is 65.1 Å². The summed E-state index contributed by atoms with van der Waals surface area (Å²) in [5.74, 6) is -5.34. The van der Waals surface area contributed by atoms with E-state index in [4.69, 9.17) is 32.7 Å². The number of halogens is 2. The number of hydroxylamine groups is 1. The van der Waals surface area contributed by atoms with E-state index in [-0.39, 0.29) is 53.4 Å². The summed E-state index contributed by atoms with van der Waals surface area (Å²) in [4.78, 5) is 64.6. The number of rotatable bonds is 15. The van der Waals surface area contributed by atoms with Crippen LogP contribution in [-0.2, 0) is 33.4 Å². The first-order chi connectivity index (χ1) is 28.4. The molecule has 0 radical (unpaired) electrons. The van der Waals surface area contributed by atoms with E-state index in [0.29, 0.717) is 88.3 Å². The van der Waals surface area contributed by atoms with E-state index in [1.54, 1.807) is 0 Å². The van der Waals surface area contributed by atoms with Gasteiger partial charge in [0.05, 0.1) is 48.2 Å². The van der Waals surface area contributed by atoms with Crippen molar-refractivity contribution in [2.75, 3.05) is 13.2 Å². The summed E-state index contributed by atoms with van der Waals surface area (Å²) in [6.45, 7) is 0.818. The summed E-state index contributed by atoms with van der Waals surface area (Å²) in [6, 6.07) is -0.862. The second kappa shape index (κ2) is 22.3. The summed E-state index contributed by atoms with van der Waals surface area (Å²) >= 11 is 14.1. The molecule has 0 saturated heterocycles. The van der Waals surface area contributed by atoms with Crippen molar-refractivity contribution in [2.24, 2.45) is 65.1 Å². The highest BCUT2D eigenvalue weighted by molar-refractivity contribution is 6.21. The van der Waals surface area contributed by atoms with E-state index in [1.807, 2.05) is 0 Å². The molecule has 0 aromatic heterocycles. The Morgan fingerprint density at radius 3 is 1.59 bits per heavy atom. The molecule has 6 aliphatic carbocycles. The van der Waals surface area contributed by atoms with Crippen LogP contribution in [0.2, 0.25) is 0 Å². The van der Waals surface area contributed by atoms with Gasteiger partial charge in [-0.05, 0) is 138 Å². The van der Waals surface area contributed by atoms with Gasteiger partial charge < -0.3 is 30.2 Å². The van der Waals surface area contributed by atoms with E-state index < -0.39 is 53.5 Å². The minimum Gasteiger partial charge on any atom is -0.481 e. The lowest BCUT2D eigenvalue weighted by Crippen LogP contribution is -2.52. The molecule has 0 aromatic rings. The Bertz CT molecular complexity index is 1420. The molecule has 59 heavy (non-hydrogen) atoms. The second-order valence-corrected chi connectivity index (χ2v) is 20.6. The number of carbonyl (C=O) groups excluding carboxylic acids is 3. The third kappa shape index (κ3) is 12.5. The third-order valence-corrected chi connectivity index (χ3v) is 16.6. The Labute approximate surface area is 360 Å². The van der Waals surface area contributed by atoms with Crippen molar-refractivity contribution in [1.82, 2.24) is 10.8 Å². The van der Waals surface area contributed by atoms with Crippen LogP contribution < -0.4 is 10.8 Å². The first-order valence-corrected chi connectivity index (χ1v) is 24.1. The molecule has 0 spiro atoms. The van der Waals surface area contributed by atoms with Crippen LogP contribution in [0.25, 0.3) is 0 Å². The van der Waals surface area contributed by atoms with Gasteiger partial charge in [0.15, 0.2) is 0 Å². The minimum absolute atomic E-state index is 0.161. The van der Waals surface area contributed by atoms with Crippen molar-refractivity contribution in [3.63, 3.8) is 0 Å². The van der Waals surface area contributed by atoms with Gasteiger partial charge in [-0.1, -0.05) is 44.9 Å². The summed E-state index contributed by atoms with van der Waals surface area (Å²) in [6.07, 6.45) is 18.7. The zero-order valence-electron chi connectivity index (χ0n) is 34.8. The number of amides is 1. The number of aliphatic carboxylic acids is 2. The van der Waals surface area contributed by atoms with Crippen LogP contribution >= 0.6 is 23.2 Å². The largest absolute Gasteiger partial charge is 0.481 e. The number of carbonyl (C=O) groups is 5. The lowest BCUT2D eigenvalue weighted by Gasteiger charge is -2.45. The van der Waals surface area contributed by atoms with E-state index >= 15 is 0 Å². The number of esters is 2. The highest BCUT2D eigenvalue weighted by atomic mass is 35.5. The normalized spacial score (nSPS) is 36.8. The van der Waals surface area contributed by atoms with Gasteiger partial charge in [-0.3, -0.25) is 24.0 Å².